The number of allylic oxidation sites excluding steroid dienone is 6. The van der Waals surface area contributed by atoms with Crippen LogP contribution in [0.4, 0.5) is 0 Å². The van der Waals surface area contributed by atoms with Crippen molar-refractivity contribution in [1.29, 1.82) is 0 Å². The van der Waals surface area contributed by atoms with Gasteiger partial charge in [-0.2, -0.15) is 0 Å². The van der Waals surface area contributed by atoms with E-state index in [2.05, 4.69) is 31.4 Å². The summed E-state index contributed by atoms with van der Waals surface area (Å²) in [7, 11) is 0. The maximum absolute atomic E-state index is 3.67. The molecule has 0 aliphatic heterocycles. The molecule has 0 aliphatic rings. The zero-order valence-electron chi connectivity index (χ0n) is 7.71. The summed E-state index contributed by atoms with van der Waals surface area (Å²) in [5.74, 6) is 0. The topological polar surface area (TPSA) is 0 Å². The molecule has 0 aromatic carbocycles. The zero-order chi connectivity index (χ0) is 9.07. The highest BCUT2D eigenvalue weighted by atomic mass is 13.8. The highest BCUT2D eigenvalue weighted by Gasteiger charge is 1.77. The molecule has 66 valence electrons. The summed E-state index contributed by atoms with van der Waals surface area (Å²) in [4.78, 5) is 0. The van der Waals surface area contributed by atoms with Crippen molar-refractivity contribution in [2.75, 3.05) is 0 Å². The monoisotopic (exact) mass is 162 g/mol. The zero-order valence-corrected chi connectivity index (χ0v) is 7.71. The lowest BCUT2D eigenvalue weighted by atomic mass is 10.2. The Kier molecular flexibility index (Phi) is 9.10. The Bertz CT molecular complexity index is 161. The van der Waals surface area contributed by atoms with Gasteiger partial charge in [0.2, 0.25) is 0 Å². The molecular formula is C12H18. The minimum Gasteiger partial charge on any atom is -0.103 e. The van der Waals surface area contributed by atoms with Crippen LogP contribution in [-0.2, 0) is 0 Å². The van der Waals surface area contributed by atoms with Gasteiger partial charge in [0.1, 0.15) is 0 Å². The molecule has 0 atom stereocenters. The third kappa shape index (κ3) is 8.96. The van der Waals surface area contributed by atoms with Gasteiger partial charge in [-0.25, -0.2) is 0 Å². The molecule has 12 heavy (non-hydrogen) atoms. The van der Waals surface area contributed by atoms with Crippen LogP contribution in [0.2, 0.25) is 0 Å². The van der Waals surface area contributed by atoms with Crippen LogP contribution >= 0.6 is 0 Å². The molecule has 0 fully saturated rings. The number of rotatable bonds is 7. The summed E-state index contributed by atoms with van der Waals surface area (Å²) in [5, 5.41) is 0. The van der Waals surface area contributed by atoms with Gasteiger partial charge in [-0.3, -0.25) is 0 Å². The summed E-state index contributed by atoms with van der Waals surface area (Å²) in [6.45, 7) is 7.27. The van der Waals surface area contributed by atoms with Crippen LogP contribution in [0.15, 0.2) is 49.6 Å². The van der Waals surface area contributed by atoms with Crippen LogP contribution in [0.5, 0.6) is 0 Å². The van der Waals surface area contributed by atoms with Crippen LogP contribution in [0.1, 0.15) is 25.7 Å². The van der Waals surface area contributed by atoms with E-state index in [0.29, 0.717) is 0 Å². The molecule has 0 bridgehead atoms. The van der Waals surface area contributed by atoms with Crippen LogP contribution in [0.3, 0.4) is 0 Å². The highest BCUT2D eigenvalue weighted by molar-refractivity contribution is 5.01. The third-order valence-corrected chi connectivity index (χ3v) is 1.49. The van der Waals surface area contributed by atoms with Crippen molar-refractivity contribution in [1.82, 2.24) is 0 Å². The molecule has 0 heterocycles. The maximum Gasteiger partial charge on any atom is -0.0166 e. The Labute approximate surface area is 76.0 Å². The van der Waals surface area contributed by atoms with Crippen LogP contribution in [0.25, 0.3) is 0 Å². The fraction of sp³-hybridized carbons (Fsp3) is 0.333. The molecule has 0 N–H and O–H groups in total. The van der Waals surface area contributed by atoms with Crippen molar-refractivity contribution in [2.45, 2.75) is 25.7 Å². The van der Waals surface area contributed by atoms with Crippen LogP contribution in [0, 0.1) is 0 Å². The minimum absolute atomic E-state index is 1.01. The molecule has 0 unspecified atom stereocenters. The van der Waals surface area contributed by atoms with E-state index in [9.17, 15) is 0 Å². The van der Waals surface area contributed by atoms with E-state index in [1.165, 1.54) is 6.42 Å². The van der Waals surface area contributed by atoms with Gasteiger partial charge in [0, 0.05) is 0 Å². The van der Waals surface area contributed by atoms with Crippen molar-refractivity contribution in [3.05, 3.63) is 49.6 Å². The molecule has 0 nitrogen and oxygen atoms in total. The summed E-state index contributed by atoms with van der Waals surface area (Å²) in [6.07, 6.45) is 16.7. The fourth-order valence-electron chi connectivity index (χ4n) is 0.847. The van der Waals surface area contributed by atoms with Gasteiger partial charge in [0.05, 0.1) is 0 Å². The average molecular weight is 162 g/mol. The van der Waals surface area contributed by atoms with Gasteiger partial charge in [0.15, 0.2) is 0 Å². The quantitative estimate of drug-likeness (QED) is 0.301. The number of hydrogen-bond donors (Lipinski definition) is 0. The lowest BCUT2D eigenvalue weighted by Gasteiger charge is -1.87. The Hall–Kier alpha value is -1.04. The predicted octanol–water partition coefficient (Wildman–Crippen LogP) is 4.03. The van der Waals surface area contributed by atoms with E-state index in [-0.39, 0.29) is 0 Å². The van der Waals surface area contributed by atoms with Gasteiger partial charge in [0.25, 0.3) is 0 Å². The Balaban J connectivity index is 3.19. The van der Waals surface area contributed by atoms with Gasteiger partial charge >= 0.3 is 0 Å². The number of hydrogen-bond acceptors (Lipinski definition) is 0. The Morgan fingerprint density at radius 3 is 2.42 bits per heavy atom. The van der Waals surface area contributed by atoms with Gasteiger partial charge in [-0.1, -0.05) is 43.0 Å². The van der Waals surface area contributed by atoms with Gasteiger partial charge < -0.3 is 0 Å². The molecule has 0 spiro atoms. The van der Waals surface area contributed by atoms with Crippen LogP contribution < -0.4 is 0 Å². The molecule has 0 saturated heterocycles. The highest BCUT2D eigenvalue weighted by Crippen LogP contribution is 1.97. The summed E-state index contributed by atoms with van der Waals surface area (Å²) in [6, 6.07) is 0. The van der Waals surface area contributed by atoms with Crippen molar-refractivity contribution in [3.8, 4) is 0 Å². The predicted molar refractivity (Wildman–Crippen MR) is 57.1 cm³/mol. The second-order valence-electron chi connectivity index (χ2n) is 2.59. The summed E-state index contributed by atoms with van der Waals surface area (Å²) < 4.78 is 0. The first-order valence-electron chi connectivity index (χ1n) is 4.45. The second kappa shape index (κ2) is 9.96. The second-order valence-corrected chi connectivity index (χ2v) is 2.59. The molecule has 0 rings (SSSR count). The fourth-order valence-corrected chi connectivity index (χ4v) is 0.847. The summed E-state index contributed by atoms with van der Waals surface area (Å²) in [5.41, 5.74) is 0. The molecule has 0 aromatic heterocycles. The smallest absolute Gasteiger partial charge is 0.0166 e. The van der Waals surface area contributed by atoms with E-state index in [1.807, 2.05) is 12.2 Å². The molecule has 0 aromatic rings. The standard InChI is InChI=1S/C12H18/c1-3-5-7-9-11-12-10-8-6-4-2/h3-5,7,11-12H,1-2,6,8-10H2/b7-5+,12-11+. The molecule has 0 aliphatic carbocycles. The largest absolute Gasteiger partial charge is 0.103 e. The van der Waals surface area contributed by atoms with E-state index >= 15 is 0 Å². The molecular weight excluding hydrogens is 144 g/mol. The van der Waals surface area contributed by atoms with E-state index in [1.54, 1.807) is 6.08 Å². The minimum atomic E-state index is 1.01. The van der Waals surface area contributed by atoms with Gasteiger partial charge in [-0.15, -0.1) is 6.58 Å². The SMILES string of the molecule is C=C/C=C/C/C=C/CCCC=C. The van der Waals surface area contributed by atoms with E-state index < -0.39 is 0 Å². The molecule has 0 radical (unpaired) electrons. The Morgan fingerprint density at radius 2 is 1.75 bits per heavy atom. The van der Waals surface area contributed by atoms with E-state index in [4.69, 9.17) is 0 Å². The van der Waals surface area contributed by atoms with Crippen molar-refractivity contribution < 1.29 is 0 Å². The van der Waals surface area contributed by atoms with E-state index in [0.717, 1.165) is 19.3 Å². The van der Waals surface area contributed by atoms with Gasteiger partial charge in [-0.05, 0) is 25.7 Å². The lowest BCUT2D eigenvalue weighted by Crippen LogP contribution is -1.67. The Morgan fingerprint density at radius 1 is 0.917 bits per heavy atom. The maximum atomic E-state index is 3.67. The molecule has 0 amide bonds. The van der Waals surface area contributed by atoms with Crippen molar-refractivity contribution >= 4 is 0 Å². The van der Waals surface area contributed by atoms with Crippen LogP contribution in [-0.4, -0.2) is 0 Å². The number of unbranched alkanes of at least 4 members (excludes halogenated alkanes) is 2. The summed E-state index contributed by atoms with van der Waals surface area (Å²) >= 11 is 0. The normalized spacial score (nSPS) is 11.0. The van der Waals surface area contributed by atoms with Crippen molar-refractivity contribution in [3.63, 3.8) is 0 Å². The first kappa shape index (κ1) is 11.0. The van der Waals surface area contributed by atoms with Crippen molar-refractivity contribution in [2.24, 2.45) is 0 Å². The third-order valence-electron chi connectivity index (χ3n) is 1.49. The first-order chi connectivity index (χ1) is 5.91. The lowest BCUT2D eigenvalue weighted by molar-refractivity contribution is 0.867. The average Bonchev–Trinajstić information content (AvgIpc) is 2.10. The first-order valence-corrected chi connectivity index (χ1v) is 4.45. The molecule has 0 heteroatoms. The molecule has 0 saturated carbocycles.